The highest BCUT2D eigenvalue weighted by Crippen LogP contribution is 2.04. The molecule has 8 heteroatoms. The first kappa shape index (κ1) is 22.4. The molecule has 0 heterocycles. The van der Waals surface area contributed by atoms with Crippen molar-refractivity contribution < 1.29 is 29.0 Å². The number of ether oxygens (including phenoxy) is 2. The van der Waals surface area contributed by atoms with E-state index in [9.17, 15) is 19.5 Å². The summed E-state index contributed by atoms with van der Waals surface area (Å²) in [4.78, 5) is 35.3. The highest BCUT2D eigenvalue weighted by molar-refractivity contribution is 5.84. The van der Waals surface area contributed by atoms with Gasteiger partial charge < -0.3 is 25.2 Å². The third-order valence-corrected chi connectivity index (χ3v) is 3.78. The Hall–Kier alpha value is -2.61. The Morgan fingerprint density at radius 2 is 1.89 bits per heavy atom. The number of amides is 2. The van der Waals surface area contributed by atoms with Crippen LogP contribution in [0, 0.1) is 0 Å². The van der Waals surface area contributed by atoms with Crippen molar-refractivity contribution in [2.45, 2.75) is 51.4 Å². The maximum absolute atomic E-state index is 12.0. The minimum atomic E-state index is -1.10. The number of rotatable bonds is 11. The van der Waals surface area contributed by atoms with Crippen molar-refractivity contribution in [3.63, 3.8) is 0 Å². The largest absolute Gasteiger partial charge is 0.467 e. The lowest BCUT2D eigenvalue weighted by Crippen LogP contribution is -2.43. The second kappa shape index (κ2) is 12.7. The van der Waals surface area contributed by atoms with Crippen LogP contribution in [0.2, 0.25) is 0 Å². The van der Waals surface area contributed by atoms with E-state index in [-0.39, 0.29) is 19.6 Å². The smallest absolute Gasteiger partial charge is 0.407 e. The lowest BCUT2D eigenvalue weighted by atomic mass is 10.1. The standard InChI is InChI=1S/C19H28N2O6/c1-3-4-10-16(18(24)26-2)21-17(23)11-15(22)12-20-19(25)27-13-14-8-6-5-7-9-14/h5-9,15-16,22H,3-4,10-13H2,1-2H3,(H,20,25)(H,21,23)/t15-,16-/m0/s1. The summed E-state index contributed by atoms with van der Waals surface area (Å²) in [7, 11) is 1.26. The second-order valence-corrected chi connectivity index (χ2v) is 6.09. The van der Waals surface area contributed by atoms with Crippen LogP contribution in [0.3, 0.4) is 0 Å². The predicted octanol–water partition coefficient (Wildman–Crippen LogP) is 1.51. The molecule has 0 unspecified atom stereocenters. The van der Waals surface area contributed by atoms with Crippen LogP contribution in [0.25, 0.3) is 0 Å². The van der Waals surface area contributed by atoms with E-state index in [1.165, 1.54) is 7.11 Å². The number of aliphatic hydroxyl groups excluding tert-OH is 1. The topological polar surface area (TPSA) is 114 Å². The number of alkyl carbamates (subject to hydrolysis) is 1. The molecule has 2 amide bonds. The van der Waals surface area contributed by atoms with Gasteiger partial charge in [-0.3, -0.25) is 4.79 Å². The van der Waals surface area contributed by atoms with Crippen LogP contribution >= 0.6 is 0 Å². The molecule has 1 rings (SSSR count). The molecular formula is C19H28N2O6. The zero-order valence-electron chi connectivity index (χ0n) is 15.8. The summed E-state index contributed by atoms with van der Waals surface area (Å²) in [5.74, 6) is -1.01. The summed E-state index contributed by atoms with van der Waals surface area (Å²) in [5, 5.41) is 14.8. The number of aliphatic hydroxyl groups is 1. The number of methoxy groups -OCH3 is 1. The average Bonchev–Trinajstić information content (AvgIpc) is 2.68. The molecule has 150 valence electrons. The Morgan fingerprint density at radius 3 is 2.52 bits per heavy atom. The van der Waals surface area contributed by atoms with Crippen LogP contribution in [0.5, 0.6) is 0 Å². The van der Waals surface area contributed by atoms with Gasteiger partial charge in [-0.1, -0.05) is 50.1 Å². The van der Waals surface area contributed by atoms with E-state index in [1.54, 1.807) is 0 Å². The summed E-state index contributed by atoms with van der Waals surface area (Å²) < 4.78 is 9.68. The van der Waals surface area contributed by atoms with Crippen molar-refractivity contribution in [3.8, 4) is 0 Å². The van der Waals surface area contributed by atoms with Gasteiger partial charge in [-0.25, -0.2) is 9.59 Å². The summed E-state index contributed by atoms with van der Waals surface area (Å²) in [6.45, 7) is 1.95. The molecule has 3 N–H and O–H groups in total. The lowest BCUT2D eigenvalue weighted by Gasteiger charge is -2.17. The molecule has 1 aromatic carbocycles. The molecule has 8 nitrogen and oxygen atoms in total. The second-order valence-electron chi connectivity index (χ2n) is 6.09. The number of hydrogen-bond donors (Lipinski definition) is 3. The van der Waals surface area contributed by atoms with Crippen LogP contribution in [0.15, 0.2) is 30.3 Å². The number of esters is 1. The van der Waals surface area contributed by atoms with Crippen molar-refractivity contribution in [1.82, 2.24) is 10.6 Å². The fourth-order valence-electron chi connectivity index (χ4n) is 2.31. The first-order valence-corrected chi connectivity index (χ1v) is 8.96. The van der Waals surface area contributed by atoms with Crippen LogP contribution in [-0.4, -0.2) is 48.9 Å². The number of carbonyl (C=O) groups excluding carboxylic acids is 3. The molecule has 0 fully saturated rings. The Labute approximate surface area is 159 Å². The van der Waals surface area contributed by atoms with Gasteiger partial charge in [-0.15, -0.1) is 0 Å². The van der Waals surface area contributed by atoms with Crippen molar-refractivity contribution in [1.29, 1.82) is 0 Å². The van der Waals surface area contributed by atoms with E-state index in [0.29, 0.717) is 6.42 Å². The zero-order chi connectivity index (χ0) is 20.1. The van der Waals surface area contributed by atoms with Gasteiger partial charge in [-0.05, 0) is 12.0 Å². The Morgan fingerprint density at radius 1 is 1.19 bits per heavy atom. The Bertz CT molecular complexity index is 593. The molecule has 0 saturated carbocycles. The lowest BCUT2D eigenvalue weighted by molar-refractivity contribution is -0.145. The number of carbonyl (C=O) groups is 3. The molecular weight excluding hydrogens is 352 g/mol. The molecule has 0 aliphatic carbocycles. The molecule has 0 saturated heterocycles. The maximum Gasteiger partial charge on any atom is 0.407 e. The molecule has 2 atom stereocenters. The highest BCUT2D eigenvalue weighted by atomic mass is 16.5. The predicted molar refractivity (Wildman–Crippen MR) is 98.7 cm³/mol. The fraction of sp³-hybridized carbons (Fsp3) is 0.526. The average molecular weight is 380 g/mol. The van der Waals surface area contributed by atoms with Crippen molar-refractivity contribution in [2.75, 3.05) is 13.7 Å². The van der Waals surface area contributed by atoms with E-state index in [2.05, 4.69) is 15.4 Å². The number of hydrogen-bond acceptors (Lipinski definition) is 6. The van der Waals surface area contributed by atoms with Gasteiger partial charge in [0.1, 0.15) is 12.6 Å². The summed E-state index contributed by atoms with van der Waals surface area (Å²) in [6, 6.07) is 8.43. The van der Waals surface area contributed by atoms with Crippen LogP contribution in [0.1, 0.15) is 38.2 Å². The third kappa shape index (κ3) is 9.60. The summed E-state index contributed by atoms with van der Waals surface area (Å²) >= 11 is 0. The van der Waals surface area contributed by atoms with Crippen LogP contribution in [0.4, 0.5) is 4.79 Å². The minimum Gasteiger partial charge on any atom is -0.467 e. The van der Waals surface area contributed by atoms with E-state index >= 15 is 0 Å². The Balaban J connectivity index is 2.30. The number of benzene rings is 1. The molecule has 0 radical (unpaired) electrons. The normalized spacial score (nSPS) is 12.6. The highest BCUT2D eigenvalue weighted by Gasteiger charge is 2.22. The van der Waals surface area contributed by atoms with E-state index in [1.807, 2.05) is 37.3 Å². The summed E-state index contributed by atoms with van der Waals surface area (Å²) in [6.07, 6.45) is 0.0685. The Kier molecular flexibility index (Phi) is 10.5. The molecule has 0 aromatic heterocycles. The molecule has 0 bridgehead atoms. The van der Waals surface area contributed by atoms with Crippen molar-refractivity contribution in [3.05, 3.63) is 35.9 Å². The van der Waals surface area contributed by atoms with Crippen molar-refractivity contribution >= 4 is 18.0 Å². The molecule has 0 aliphatic heterocycles. The third-order valence-electron chi connectivity index (χ3n) is 3.78. The van der Waals surface area contributed by atoms with Gasteiger partial charge in [0.15, 0.2) is 0 Å². The molecule has 1 aromatic rings. The van der Waals surface area contributed by atoms with Gasteiger partial charge >= 0.3 is 12.1 Å². The zero-order valence-corrected chi connectivity index (χ0v) is 15.8. The van der Waals surface area contributed by atoms with E-state index < -0.39 is 30.1 Å². The first-order chi connectivity index (χ1) is 13.0. The fourth-order valence-corrected chi connectivity index (χ4v) is 2.31. The number of nitrogens with one attached hydrogen (secondary N) is 2. The van der Waals surface area contributed by atoms with Crippen LogP contribution in [-0.2, 0) is 25.7 Å². The monoisotopic (exact) mass is 380 g/mol. The minimum absolute atomic E-state index is 0.113. The van der Waals surface area contributed by atoms with Crippen LogP contribution < -0.4 is 10.6 Å². The summed E-state index contributed by atoms with van der Waals surface area (Å²) in [5.41, 5.74) is 0.841. The van der Waals surface area contributed by atoms with Gasteiger partial charge in [0.25, 0.3) is 0 Å². The molecule has 27 heavy (non-hydrogen) atoms. The van der Waals surface area contributed by atoms with Gasteiger partial charge in [0.2, 0.25) is 5.91 Å². The van der Waals surface area contributed by atoms with Gasteiger partial charge in [0.05, 0.1) is 19.6 Å². The molecule has 0 spiro atoms. The van der Waals surface area contributed by atoms with E-state index in [4.69, 9.17) is 4.74 Å². The van der Waals surface area contributed by atoms with Gasteiger partial charge in [-0.2, -0.15) is 0 Å². The van der Waals surface area contributed by atoms with Gasteiger partial charge in [0, 0.05) is 6.54 Å². The first-order valence-electron chi connectivity index (χ1n) is 8.96. The SMILES string of the molecule is CCCC[C@H](NC(=O)C[C@H](O)CNC(=O)OCc1ccccc1)C(=O)OC. The quantitative estimate of drug-likeness (QED) is 0.502. The maximum atomic E-state index is 12.0. The van der Waals surface area contributed by atoms with Crippen molar-refractivity contribution in [2.24, 2.45) is 0 Å². The molecule has 0 aliphatic rings. The van der Waals surface area contributed by atoms with E-state index in [0.717, 1.165) is 18.4 Å². The number of unbranched alkanes of at least 4 members (excludes halogenated alkanes) is 1.